The summed E-state index contributed by atoms with van der Waals surface area (Å²) in [6.45, 7) is 4.31. The van der Waals surface area contributed by atoms with Crippen LogP contribution in [0.15, 0.2) is 43.0 Å². The minimum Gasteiger partial charge on any atom is -0.494 e. The summed E-state index contributed by atoms with van der Waals surface area (Å²) < 4.78 is 53.1. The van der Waals surface area contributed by atoms with Crippen LogP contribution in [0.3, 0.4) is 0 Å². The highest BCUT2D eigenvalue weighted by atomic mass is 19.2. The van der Waals surface area contributed by atoms with Crippen molar-refractivity contribution in [1.82, 2.24) is 0 Å². The summed E-state index contributed by atoms with van der Waals surface area (Å²) in [6.07, 6.45) is 3.36. The fraction of sp³-hybridized carbons (Fsp3) is 0.300. The summed E-state index contributed by atoms with van der Waals surface area (Å²) in [7, 11) is 1.24. The van der Waals surface area contributed by atoms with Crippen LogP contribution in [0.4, 0.5) is 13.2 Å². The molecule has 5 heteroatoms. The molecule has 0 radical (unpaired) electrons. The molecule has 0 amide bonds. The maximum absolute atomic E-state index is 14.5. The lowest BCUT2D eigenvalue weighted by Gasteiger charge is -2.27. The zero-order valence-electron chi connectivity index (χ0n) is 13.9. The molecule has 2 aromatic carbocycles. The maximum Gasteiger partial charge on any atom is 0.201 e. The van der Waals surface area contributed by atoms with Gasteiger partial charge in [-0.05, 0) is 36.6 Å². The molecule has 1 fully saturated rings. The Balaban J connectivity index is 1.88. The van der Waals surface area contributed by atoms with Crippen molar-refractivity contribution in [2.45, 2.75) is 18.9 Å². The van der Waals surface area contributed by atoms with Crippen molar-refractivity contribution < 1.29 is 22.6 Å². The summed E-state index contributed by atoms with van der Waals surface area (Å²) in [4.78, 5) is 0. The molecule has 132 valence electrons. The zero-order chi connectivity index (χ0) is 18.0. The number of hydrogen-bond donors (Lipinski definition) is 0. The van der Waals surface area contributed by atoms with Crippen molar-refractivity contribution in [2.75, 3.05) is 13.7 Å². The van der Waals surface area contributed by atoms with Crippen LogP contribution in [0.1, 0.15) is 24.5 Å². The molecule has 1 heterocycles. The van der Waals surface area contributed by atoms with Crippen LogP contribution in [0.5, 0.6) is 5.75 Å². The number of hydrogen-bond acceptors (Lipinski definition) is 2. The Hall–Kier alpha value is -2.27. The van der Waals surface area contributed by atoms with Gasteiger partial charge < -0.3 is 9.47 Å². The summed E-state index contributed by atoms with van der Waals surface area (Å²) in [5.74, 6) is -2.78. The van der Waals surface area contributed by atoms with Gasteiger partial charge in [0.1, 0.15) is 5.82 Å². The van der Waals surface area contributed by atoms with Crippen molar-refractivity contribution in [3.8, 4) is 16.9 Å². The van der Waals surface area contributed by atoms with E-state index in [1.165, 1.54) is 31.4 Å². The molecule has 0 bridgehead atoms. The Labute approximate surface area is 144 Å². The summed E-state index contributed by atoms with van der Waals surface area (Å²) in [6, 6.07) is 7.06. The van der Waals surface area contributed by atoms with E-state index in [-0.39, 0.29) is 23.0 Å². The van der Waals surface area contributed by atoms with E-state index in [4.69, 9.17) is 9.47 Å². The first-order valence-corrected chi connectivity index (χ1v) is 8.11. The molecular formula is C20H19F3O2. The first-order chi connectivity index (χ1) is 12.0. The van der Waals surface area contributed by atoms with Gasteiger partial charge in [-0.15, -0.1) is 6.58 Å². The highest BCUT2D eigenvalue weighted by molar-refractivity contribution is 5.66. The molecule has 2 nitrogen and oxygen atoms in total. The Bertz CT molecular complexity index is 781. The van der Waals surface area contributed by atoms with Gasteiger partial charge in [0.15, 0.2) is 11.6 Å². The third-order valence-electron chi connectivity index (χ3n) is 4.57. The lowest BCUT2D eigenvalue weighted by Crippen LogP contribution is -2.19. The summed E-state index contributed by atoms with van der Waals surface area (Å²) in [5, 5.41) is 0. The van der Waals surface area contributed by atoms with Gasteiger partial charge in [-0.25, -0.2) is 8.78 Å². The van der Waals surface area contributed by atoms with Crippen LogP contribution >= 0.6 is 0 Å². The van der Waals surface area contributed by atoms with Gasteiger partial charge in [-0.1, -0.05) is 18.2 Å². The Morgan fingerprint density at radius 2 is 1.84 bits per heavy atom. The smallest absolute Gasteiger partial charge is 0.201 e. The second-order valence-corrected chi connectivity index (χ2v) is 6.08. The van der Waals surface area contributed by atoms with E-state index in [1.807, 2.05) is 6.08 Å². The van der Waals surface area contributed by atoms with E-state index in [2.05, 4.69) is 6.58 Å². The van der Waals surface area contributed by atoms with Crippen LogP contribution in [0, 0.1) is 23.4 Å². The molecule has 0 aromatic heterocycles. The van der Waals surface area contributed by atoms with Crippen molar-refractivity contribution in [3.05, 3.63) is 66.0 Å². The average Bonchev–Trinajstić information content (AvgIpc) is 2.64. The van der Waals surface area contributed by atoms with Crippen LogP contribution in [0.25, 0.3) is 11.1 Å². The molecule has 2 unspecified atom stereocenters. The van der Waals surface area contributed by atoms with Crippen LogP contribution in [0.2, 0.25) is 0 Å². The van der Waals surface area contributed by atoms with Crippen molar-refractivity contribution in [3.63, 3.8) is 0 Å². The topological polar surface area (TPSA) is 18.5 Å². The Morgan fingerprint density at radius 1 is 1.08 bits per heavy atom. The molecule has 2 atom stereocenters. The largest absolute Gasteiger partial charge is 0.494 e. The van der Waals surface area contributed by atoms with Crippen molar-refractivity contribution in [2.24, 2.45) is 5.92 Å². The molecule has 0 aliphatic carbocycles. The van der Waals surface area contributed by atoms with Crippen molar-refractivity contribution >= 4 is 0 Å². The highest BCUT2D eigenvalue weighted by Gasteiger charge is 2.23. The Morgan fingerprint density at radius 3 is 2.44 bits per heavy atom. The minimum absolute atomic E-state index is 0.00239. The van der Waals surface area contributed by atoms with E-state index in [1.54, 1.807) is 6.07 Å². The SMILES string of the molecule is C=CC1CCC(c2ccc(-c3ccc(OC)c(F)c3F)c(F)c2)OC1. The quantitative estimate of drug-likeness (QED) is 0.686. The molecule has 3 rings (SSSR count). The van der Waals surface area contributed by atoms with Gasteiger partial charge in [0.25, 0.3) is 0 Å². The number of ether oxygens (including phenoxy) is 2. The van der Waals surface area contributed by atoms with Gasteiger partial charge in [0.05, 0.1) is 19.8 Å². The van der Waals surface area contributed by atoms with Crippen LogP contribution in [-0.4, -0.2) is 13.7 Å². The summed E-state index contributed by atoms with van der Waals surface area (Å²) >= 11 is 0. The molecule has 25 heavy (non-hydrogen) atoms. The van der Waals surface area contributed by atoms with Crippen molar-refractivity contribution in [1.29, 1.82) is 0 Å². The molecule has 1 aliphatic heterocycles. The van der Waals surface area contributed by atoms with Crippen LogP contribution < -0.4 is 4.74 Å². The first kappa shape index (κ1) is 17.5. The predicted molar refractivity (Wildman–Crippen MR) is 89.9 cm³/mol. The normalized spacial score (nSPS) is 20.3. The lowest BCUT2D eigenvalue weighted by atomic mass is 9.93. The van der Waals surface area contributed by atoms with Gasteiger partial charge in [0.2, 0.25) is 5.82 Å². The Kier molecular flexibility index (Phi) is 5.13. The van der Waals surface area contributed by atoms with Gasteiger partial charge in [0, 0.05) is 17.0 Å². The van der Waals surface area contributed by atoms with Crippen LogP contribution in [-0.2, 0) is 4.74 Å². The van der Waals surface area contributed by atoms with Gasteiger partial charge in [-0.2, -0.15) is 4.39 Å². The standard InChI is InChI=1S/C20H19F3O2/c1-3-12-4-8-17(25-11-12)13-5-6-14(16(21)10-13)15-7-9-18(24-2)20(23)19(15)22/h3,5-7,9-10,12,17H,1,4,8,11H2,2H3. The molecule has 0 saturated carbocycles. The van der Waals surface area contributed by atoms with E-state index in [0.29, 0.717) is 18.1 Å². The second kappa shape index (κ2) is 7.31. The number of rotatable bonds is 4. The highest BCUT2D eigenvalue weighted by Crippen LogP contribution is 2.35. The first-order valence-electron chi connectivity index (χ1n) is 8.11. The fourth-order valence-electron chi connectivity index (χ4n) is 3.07. The molecule has 0 N–H and O–H groups in total. The molecule has 1 aliphatic rings. The lowest BCUT2D eigenvalue weighted by molar-refractivity contribution is -0.00528. The van der Waals surface area contributed by atoms with Gasteiger partial charge >= 0.3 is 0 Å². The van der Waals surface area contributed by atoms with E-state index in [0.717, 1.165) is 12.8 Å². The third kappa shape index (κ3) is 3.42. The maximum atomic E-state index is 14.5. The fourth-order valence-corrected chi connectivity index (χ4v) is 3.07. The zero-order valence-corrected chi connectivity index (χ0v) is 13.9. The third-order valence-corrected chi connectivity index (χ3v) is 4.57. The number of methoxy groups -OCH3 is 1. The molecule has 0 spiro atoms. The van der Waals surface area contributed by atoms with E-state index < -0.39 is 17.5 Å². The summed E-state index contributed by atoms with van der Waals surface area (Å²) in [5.41, 5.74) is 0.555. The minimum atomic E-state index is -1.13. The molecular weight excluding hydrogens is 329 g/mol. The van der Waals surface area contributed by atoms with Gasteiger partial charge in [-0.3, -0.25) is 0 Å². The predicted octanol–water partition coefficient (Wildman–Crippen LogP) is 5.43. The second-order valence-electron chi connectivity index (χ2n) is 6.08. The molecule has 2 aromatic rings. The number of halogens is 3. The molecule has 1 saturated heterocycles. The van der Waals surface area contributed by atoms with E-state index >= 15 is 0 Å². The van der Waals surface area contributed by atoms with E-state index in [9.17, 15) is 13.2 Å². The number of benzene rings is 2. The monoisotopic (exact) mass is 348 g/mol. The average molecular weight is 348 g/mol.